The fraction of sp³-hybridized carbons (Fsp3) is 0.250. The molecule has 0 bridgehead atoms. The van der Waals surface area contributed by atoms with Gasteiger partial charge in [-0.05, 0) is 56.2 Å². The molecule has 1 aliphatic rings. The first-order chi connectivity index (χ1) is 13.8. The van der Waals surface area contributed by atoms with Gasteiger partial charge in [0.2, 0.25) is 10.0 Å². The highest BCUT2D eigenvalue weighted by atomic mass is 32.2. The highest BCUT2D eigenvalue weighted by Crippen LogP contribution is 2.30. The Morgan fingerprint density at radius 3 is 2.45 bits per heavy atom. The number of rotatable bonds is 4. The van der Waals surface area contributed by atoms with Crippen molar-refractivity contribution in [1.82, 2.24) is 14.9 Å². The first-order valence-electron chi connectivity index (χ1n) is 9.28. The number of aryl methyl sites for hydroxylation is 1. The number of sulfonamides is 1. The predicted molar refractivity (Wildman–Crippen MR) is 111 cm³/mol. The molecule has 1 fully saturated rings. The number of amides is 1. The molecule has 0 unspecified atom stereocenters. The van der Waals surface area contributed by atoms with Gasteiger partial charge >= 0.3 is 0 Å². The number of hydrogen-bond acceptors (Lipinski definition) is 6. The molecule has 0 saturated carbocycles. The molecule has 3 N–H and O–H groups in total. The number of carbonyl (C=O) groups excluding carboxylic acids is 1. The first-order valence-corrected chi connectivity index (χ1v) is 10.8. The molecule has 29 heavy (non-hydrogen) atoms. The summed E-state index contributed by atoms with van der Waals surface area (Å²) in [5, 5.41) is 9.14. The van der Waals surface area contributed by atoms with Crippen LogP contribution >= 0.6 is 0 Å². The number of nitrogens with two attached hydrogens (primary N) is 1. The lowest BCUT2D eigenvalue weighted by atomic mass is 10.1. The van der Waals surface area contributed by atoms with E-state index in [1.54, 1.807) is 18.3 Å². The normalized spacial score (nSPS) is 14.3. The maximum atomic E-state index is 13.1. The molecular weight excluding hydrogens is 390 g/mol. The maximum absolute atomic E-state index is 13.1. The maximum Gasteiger partial charge on any atom is 0.257 e. The number of likely N-dealkylation sites (tertiary alicyclic amines) is 1. The summed E-state index contributed by atoms with van der Waals surface area (Å²) in [6.45, 7) is 3.33. The van der Waals surface area contributed by atoms with Gasteiger partial charge in [-0.15, -0.1) is 0 Å². The molecule has 1 aliphatic heterocycles. The van der Waals surface area contributed by atoms with Crippen LogP contribution in [0.5, 0.6) is 0 Å². The zero-order valence-corrected chi connectivity index (χ0v) is 16.7. The third-order valence-corrected chi connectivity index (χ3v) is 5.87. The van der Waals surface area contributed by atoms with Gasteiger partial charge in [0.1, 0.15) is 0 Å². The molecule has 1 aromatic carbocycles. The van der Waals surface area contributed by atoms with E-state index in [-0.39, 0.29) is 10.8 Å². The van der Waals surface area contributed by atoms with E-state index in [1.165, 1.54) is 12.1 Å². The van der Waals surface area contributed by atoms with E-state index in [4.69, 9.17) is 5.14 Å². The van der Waals surface area contributed by atoms with Crippen LogP contribution in [0.3, 0.4) is 0 Å². The number of anilines is 2. The van der Waals surface area contributed by atoms with Gasteiger partial charge in [0, 0.05) is 36.1 Å². The van der Waals surface area contributed by atoms with Crippen LogP contribution in [0.4, 0.5) is 11.4 Å². The van der Waals surface area contributed by atoms with E-state index in [2.05, 4.69) is 15.3 Å². The van der Waals surface area contributed by atoms with Gasteiger partial charge in [0.25, 0.3) is 5.91 Å². The fourth-order valence-electron chi connectivity index (χ4n) is 3.43. The molecule has 0 atom stereocenters. The van der Waals surface area contributed by atoms with Crippen molar-refractivity contribution in [3.63, 3.8) is 0 Å². The van der Waals surface area contributed by atoms with Crippen LogP contribution in [0, 0.1) is 6.92 Å². The smallest absolute Gasteiger partial charge is 0.257 e. The van der Waals surface area contributed by atoms with Gasteiger partial charge in [-0.2, -0.15) is 0 Å². The number of nitrogens with one attached hydrogen (secondary N) is 1. The Kier molecular flexibility index (Phi) is 4.93. The van der Waals surface area contributed by atoms with Crippen LogP contribution in [0.15, 0.2) is 47.5 Å². The molecule has 0 spiro atoms. The predicted octanol–water partition coefficient (Wildman–Crippen LogP) is 2.57. The average molecular weight is 411 g/mol. The topological polar surface area (TPSA) is 118 Å². The number of aromatic nitrogens is 2. The highest BCUT2D eigenvalue weighted by molar-refractivity contribution is 7.89. The Balaban J connectivity index is 1.79. The summed E-state index contributed by atoms with van der Waals surface area (Å²) in [5.74, 6) is -0.0823. The van der Waals surface area contributed by atoms with Crippen LogP contribution in [0.2, 0.25) is 0 Å². The van der Waals surface area contributed by atoms with E-state index < -0.39 is 10.0 Å². The number of hydrogen-bond donors (Lipinski definition) is 2. The molecule has 0 radical (unpaired) electrons. The van der Waals surface area contributed by atoms with Crippen LogP contribution in [-0.4, -0.2) is 42.3 Å². The molecule has 3 heterocycles. The van der Waals surface area contributed by atoms with Gasteiger partial charge in [-0.1, -0.05) is 0 Å². The molecule has 2 aromatic heterocycles. The van der Waals surface area contributed by atoms with Gasteiger partial charge in [0.15, 0.2) is 5.65 Å². The number of primary sulfonamides is 1. The molecule has 1 saturated heterocycles. The van der Waals surface area contributed by atoms with E-state index in [9.17, 15) is 13.2 Å². The number of benzene rings is 1. The lowest BCUT2D eigenvalue weighted by Crippen LogP contribution is -2.28. The number of carbonyl (C=O) groups is 1. The fourth-order valence-corrected chi connectivity index (χ4v) is 3.95. The SMILES string of the molecule is Cc1ccc2c(Nc3ccc(S(N)(=O)=O)cc3)c(C(=O)N3CCCC3)cnc2n1. The summed E-state index contributed by atoms with van der Waals surface area (Å²) in [5.41, 5.74) is 3.04. The van der Waals surface area contributed by atoms with Crippen molar-refractivity contribution in [2.75, 3.05) is 18.4 Å². The Hall–Kier alpha value is -3.04. The third-order valence-electron chi connectivity index (χ3n) is 4.94. The highest BCUT2D eigenvalue weighted by Gasteiger charge is 2.24. The second-order valence-electron chi connectivity index (χ2n) is 7.06. The van der Waals surface area contributed by atoms with E-state index >= 15 is 0 Å². The Morgan fingerprint density at radius 1 is 1.10 bits per heavy atom. The first kappa shape index (κ1) is 19.3. The molecule has 150 valence electrons. The lowest BCUT2D eigenvalue weighted by molar-refractivity contribution is 0.0793. The molecule has 9 heteroatoms. The van der Waals surface area contributed by atoms with Crippen LogP contribution in [0.25, 0.3) is 11.0 Å². The minimum atomic E-state index is -3.77. The van der Waals surface area contributed by atoms with E-state index in [0.717, 1.165) is 37.0 Å². The van der Waals surface area contributed by atoms with Crippen molar-refractivity contribution in [2.24, 2.45) is 5.14 Å². The second-order valence-corrected chi connectivity index (χ2v) is 8.63. The minimum Gasteiger partial charge on any atom is -0.354 e. The minimum absolute atomic E-state index is 0.0216. The quantitative estimate of drug-likeness (QED) is 0.681. The van der Waals surface area contributed by atoms with Crippen molar-refractivity contribution < 1.29 is 13.2 Å². The van der Waals surface area contributed by atoms with Gasteiger partial charge < -0.3 is 10.2 Å². The zero-order chi connectivity index (χ0) is 20.6. The van der Waals surface area contributed by atoms with E-state index in [1.807, 2.05) is 24.0 Å². The molecule has 1 amide bonds. The summed E-state index contributed by atoms with van der Waals surface area (Å²) in [6, 6.07) is 9.81. The summed E-state index contributed by atoms with van der Waals surface area (Å²) >= 11 is 0. The van der Waals surface area contributed by atoms with Crippen molar-refractivity contribution in [2.45, 2.75) is 24.7 Å². The summed E-state index contributed by atoms with van der Waals surface area (Å²) in [4.78, 5) is 23.8. The van der Waals surface area contributed by atoms with Gasteiger partial charge in [-0.3, -0.25) is 4.79 Å². The number of pyridine rings is 2. The summed E-state index contributed by atoms with van der Waals surface area (Å²) < 4.78 is 23.0. The average Bonchev–Trinajstić information content (AvgIpc) is 3.22. The third kappa shape index (κ3) is 3.92. The monoisotopic (exact) mass is 411 g/mol. The van der Waals surface area contributed by atoms with Gasteiger partial charge in [-0.25, -0.2) is 23.5 Å². The van der Waals surface area contributed by atoms with Crippen molar-refractivity contribution in [3.8, 4) is 0 Å². The molecule has 3 aromatic rings. The molecular formula is C20H21N5O3S. The summed E-state index contributed by atoms with van der Waals surface area (Å²) in [7, 11) is -3.77. The van der Waals surface area contributed by atoms with Crippen molar-refractivity contribution in [3.05, 3.63) is 53.9 Å². The zero-order valence-electron chi connectivity index (χ0n) is 15.9. The Bertz CT molecular complexity index is 1190. The lowest BCUT2D eigenvalue weighted by Gasteiger charge is -2.19. The molecule has 8 nitrogen and oxygen atoms in total. The van der Waals surface area contributed by atoms with Crippen molar-refractivity contribution in [1.29, 1.82) is 0 Å². The van der Waals surface area contributed by atoms with Crippen LogP contribution < -0.4 is 10.5 Å². The largest absolute Gasteiger partial charge is 0.354 e. The molecule has 4 rings (SSSR count). The van der Waals surface area contributed by atoms with Crippen LogP contribution in [-0.2, 0) is 10.0 Å². The number of nitrogens with zero attached hydrogens (tertiary/aromatic N) is 3. The van der Waals surface area contributed by atoms with Gasteiger partial charge in [0.05, 0.1) is 16.1 Å². The van der Waals surface area contributed by atoms with E-state index in [0.29, 0.717) is 22.6 Å². The number of fused-ring (bicyclic) bond motifs is 1. The van der Waals surface area contributed by atoms with Crippen LogP contribution in [0.1, 0.15) is 28.9 Å². The van der Waals surface area contributed by atoms with Crippen molar-refractivity contribution >= 4 is 38.3 Å². The Labute approximate surface area is 168 Å². The Morgan fingerprint density at radius 2 is 1.79 bits per heavy atom. The summed E-state index contributed by atoms with van der Waals surface area (Å²) in [6.07, 6.45) is 3.53. The molecule has 0 aliphatic carbocycles. The second kappa shape index (κ2) is 7.41. The standard InChI is InChI=1S/C20H21N5O3S/c1-13-4-9-16-18(24-14-5-7-15(8-6-14)29(21,27)28)17(12-22-19(16)23-13)20(26)25-10-2-3-11-25/h4-9,12H,2-3,10-11H2,1H3,(H2,21,27,28)(H,22,23,24).